The Balaban J connectivity index is 3.21. The van der Waals surface area contributed by atoms with E-state index >= 15 is 0 Å². The molecule has 0 radical (unpaired) electrons. The summed E-state index contributed by atoms with van der Waals surface area (Å²) in [5.41, 5.74) is 0. The lowest BCUT2D eigenvalue weighted by molar-refractivity contribution is 0.269. The topological polar surface area (TPSA) is 66.8 Å². The molecule has 4 nitrogen and oxygen atoms in total. The third-order valence-electron chi connectivity index (χ3n) is 2.39. The second-order valence-corrected chi connectivity index (χ2v) is 5.25. The van der Waals surface area contributed by atoms with Crippen molar-refractivity contribution in [2.24, 2.45) is 0 Å². The average molecular weight is 262 g/mol. The fourth-order valence-electron chi connectivity index (χ4n) is 1.49. The van der Waals surface area contributed by atoms with Crippen molar-refractivity contribution in [1.82, 2.24) is 0 Å². The highest BCUT2D eigenvalue weighted by Crippen LogP contribution is 2.34. The molecule has 0 saturated heterocycles. The van der Waals surface area contributed by atoms with Crippen LogP contribution in [0.15, 0.2) is 0 Å². The van der Waals surface area contributed by atoms with Crippen LogP contribution in [0, 0.1) is 12.0 Å². The second kappa shape index (κ2) is 10.7. The molecule has 0 atom stereocenters. The molecule has 100 valence electrons. The molecule has 0 bridgehead atoms. The van der Waals surface area contributed by atoms with Crippen molar-refractivity contribution in [1.29, 1.82) is 0 Å². The lowest BCUT2D eigenvalue weighted by Gasteiger charge is -1.99. The number of hydrogen-bond acceptors (Lipinski definition) is 2. The van der Waals surface area contributed by atoms with E-state index in [1.807, 2.05) is 6.11 Å². The third kappa shape index (κ3) is 15.5. The van der Waals surface area contributed by atoms with Crippen molar-refractivity contribution in [3.05, 3.63) is 0 Å². The number of unbranched alkanes of at least 4 members (excludes halogenated alkanes) is 8. The summed E-state index contributed by atoms with van der Waals surface area (Å²) in [6, 6.07) is 0. The van der Waals surface area contributed by atoms with Gasteiger partial charge in [-0.25, -0.2) is 4.57 Å². The zero-order valence-electron chi connectivity index (χ0n) is 10.5. The van der Waals surface area contributed by atoms with Gasteiger partial charge in [0.05, 0.1) is 0 Å². The molecule has 0 rings (SSSR count). The smallest absolute Gasteiger partial charge is 0.350 e. The lowest BCUT2D eigenvalue weighted by Crippen LogP contribution is -1.81. The van der Waals surface area contributed by atoms with E-state index in [9.17, 15) is 4.57 Å². The number of hydrogen-bond donors (Lipinski definition) is 2. The van der Waals surface area contributed by atoms with Gasteiger partial charge in [-0.15, -0.1) is 0 Å². The summed E-state index contributed by atoms with van der Waals surface area (Å²) < 4.78 is 14.3. The van der Waals surface area contributed by atoms with Crippen molar-refractivity contribution in [2.75, 3.05) is 0 Å². The van der Waals surface area contributed by atoms with Gasteiger partial charge in [-0.05, 0) is 6.42 Å². The Hall–Kier alpha value is -0.490. The zero-order chi connectivity index (χ0) is 13.0. The Morgan fingerprint density at radius 1 is 1.00 bits per heavy atom. The number of phosphoric acid groups is 1. The molecular weight excluding hydrogens is 239 g/mol. The Bertz CT molecular complexity index is 274. The van der Waals surface area contributed by atoms with Gasteiger partial charge in [0.1, 0.15) is 6.11 Å². The van der Waals surface area contributed by atoms with E-state index in [2.05, 4.69) is 17.4 Å². The maximum atomic E-state index is 10.3. The standard InChI is InChI=1S/C12H23O4P/c1-2-3-4-5-6-7-8-9-10-11-12-16-17(13,14)15/h2-10H2,1H3,(H2,13,14,15). The maximum Gasteiger partial charge on any atom is 0.533 e. The van der Waals surface area contributed by atoms with Gasteiger partial charge in [-0.1, -0.05) is 57.8 Å². The predicted octanol–water partition coefficient (Wildman–Crippen LogP) is 3.59. The highest BCUT2D eigenvalue weighted by Gasteiger charge is 2.11. The Morgan fingerprint density at radius 3 is 2.06 bits per heavy atom. The first kappa shape index (κ1) is 16.5. The van der Waals surface area contributed by atoms with Gasteiger partial charge < -0.3 is 4.52 Å². The van der Waals surface area contributed by atoms with E-state index in [4.69, 9.17) is 9.79 Å². The largest absolute Gasteiger partial charge is 0.533 e. The highest BCUT2D eigenvalue weighted by molar-refractivity contribution is 7.46. The minimum absolute atomic E-state index is 0.634. The predicted molar refractivity (Wildman–Crippen MR) is 68.1 cm³/mol. The quantitative estimate of drug-likeness (QED) is 0.378. The summed E-state index contributed by atoms with van der Waals surface area (Å²) in [6.07, 6.45) is 12.5. The van der Waals surface area contributed by atoms with Crippen LogP contribution in [0.25, 0.3) is 0 Å². The Labute approximate surface area is 104 Å². The van der Waals surface area contributed by atoms with E-state index in [1.165, 1.54) is 38.5 Å². The minimum atomic E-state index is -4.42. The molecule has 0 aliphatic heterocycles. The van der Waals surface area contributed by atoms with Crippen LogP contribution < -0.4 is 0 Å². The van der Waals surface area contributed by atoms with Crippen LogP contribution in [0.1, 0.15) is 64.7 Å². The van der Waals surface area contributed by atoms with E-state index < -0.39 is 7.82 Å². The summed E-state index contributed by atoms with van der Waals surface area (Å²) in [6.45, 7) is 2.21. The van der Waals surface area contributed by atoms with Gasteiger partial charge in [-0.3, -0.25) is 9.79 Å². The molecule has 0 aromatic carbocycles. The number of rotatable bonds is 9. The highest BCUT2D eigenvalue weighted by atomic mass is 31.2. The van der Waals surface area contributed by atoms with E-state index in [0.717, 1.165) is 12.8 Å². The average Bonchev–Trinajstić information content (AvgIpc) is 2.24. The summed E-state index contributed by atoms with van der Waals surface area (Å²) in [5, 5.41) is 0. The van der Waals surface area contributed by atoms with Crippen LogP contribution >= 0.6 is 7.82 Å². The first-order chi connectivity index (χ1) is 8.06. The molecule has 2 N–H and O–H groups in total. The van der Waals surface area contributed by atoms with Gasteiger partial charge in [-0.2, -0.15) is 0 Å². The van der Waals surface area contributed by atoms with Gasteiger partial charge in [0.2, 0.25) is 0 Å². The minimum Gasteiger partial charge on any atom is -0.350 e. The molecule has 0 fully saturated rings. The van der Waals surface area contributed by atoms with E-state index in [-0.39, 0.29) is 0 Å². The van der Waals surface area contributed by atoms with Gasteiger partial charge in [0.25, 0.3) is 0 Å². The van der Waals surface area contributed by atoms with E-state index in [0.29, 0.717) is 6.42 Å². The van der Waals surface area contributed by atoms with Crippen molar-refractivity contribution < 1.29 is 18.9 Å². The summed E-state index contributed by atoms with van der Waals surface area (Å²) in [4.78, 5) is 16.7. The van der Waals surface area contributed by atoms with Crippen molar-refractivity contribution in [3.8, 4) is 12.0 Å². The van der Waals surface area contributed by atoms with Crippen LogP contribution in [0.4, 0.5) is 0 Å². The lowest BCUT2D eigenvalue weighted by atomic mass is 10.1. The van der Waals surface area contributed by atoms with Crippen LogP contribution in [-0.2, 0) is 9.09 Å². The van der Waals surface area contributed by atoms with E-state index in [1.54, 1.807) is 0 Å². The van der Waals surface area contributed by atoms with Crippen LogP contribution in [0.3, 0.4) is 0 Å². The van der Waals surface area contributed by atoms with Gasteiger partial charge in [0.15, 0.2) is 0 Å². The number of phosphoric ester groups is 1. The maximum absolute atomic E-state index is 10.3. The molecular formula is C12H23O4P. The molecule has 0 heterocycles. The Kier molecular flexibility index (Phi) is 10.3. The molecule has 0 unspecified atom stereocenters. The molecule has 0 amide bonds. The Morgan fingerprint density at radius 2 is 1.53 bits per heavy atom. The monoisotopic (exact) mass is 262 g/mol. The molecule has 5 heteroatoms. The van der Waals surface area contributed by atoms with Crippen molar-refractivity contribution in [3.63, 3.8) is 0 Å². The fourth-order valence-corrected chi connectivity index (χ4v) is 1.67. The van der Waals surface area contributed by atoms with Gasteiger partial charge in [0, 0.05) is 6.42 Å². The normalized spacial score (nSPS) is 10.8. The summed E-state index contributed by atoms with van der Waals surface area (Å²) >= 11 is 0. The molecule has 0 aliphatic carbocycles. The van der Waals surface area contributed by atoms with Crippen LogP contribution in [-0.4, -0.2) is 9.79 Å². The molecule has 0 aliphatic rings. The first-order valence-corrected chi connectivity index (χ1v) is 7.81. The fraction of sp³-hybridized carbons (Fsp3) is 0.833. The first-order valence-electron chi connectivity index (χ1n) is 6.28. The zero-order valence-corrected chi connectivity index (χ0v) is 11.4. The molecule has 0 spiro atoms. The van der Waals surface area contributed by atoms with Crippen molar-refractivity contribution >= 4 is 7.82 Å². The van der Waals surface area contributed by atoms with Crippen LogP contribution in [0.2, 0.25) is 0 Å². The van der Waals surface area contributed by atoms with Gasteiger partial charge >= 0.3 is 7.82 Å². The molecule has 0 aromatic rings. The summed E-state index contributed by atoms with van der Waals surface area (Å²) in [5.74, 6) is 2.59. The van der Waals surface area contributed by atoms with Crippen molar-refractivity contribution in [2.45, 2.75) is 64.7 Å². The third-order valence-corrected chi connectivity index (χ3v) is 2.72. The second-order valence-electron chi connectivity index (χ2n) is 4.09. The molecule has 17 heavy (non-hydrogen) atoms. The molecule has 0 saturated carbocycles. The molecule has 0 aromatic heterocycles. The van der Waals surface area contributed by atoms with Crippen LogP contribution in [0.5, 0.6) is 0 Å². The SMILES string of the molecule is CCCCCCCCCCC#COP(=O)(O)O. The summed E-state index contributed by atoms with van der Waals surface area (Å²) in [7, 11) is -4.42.